The van der Waals surface area contributed by atoms with Crippen LogP contribution in [-0.4, -0.2) is 73.1 Å². The van der Waals surface area contributed by atoms with Crippen molar-refractivity contribution in [2.45, 2.75) is 86.3 Å². The fraction of sp³-hybridized carbons (Fsp3) is 0.390. The zero-order chi connectivity index (χ0) is 37.8. The molecule has 278 valence electrons. The van der Waals surface area contributed by atoms with Crippen LogP contribution in [0.1, 0.15) is 52.7 Å². The number of hydrogen-bond donors (Lipinski definition) is 0. The molecule has 11 heteroatoms. The maximum absolute atomic E-state index is 15.1. The highest BCUT2D eigenvalue weighted by atomic mass is 32.2. The molecule has 4 aromatic carbocycles. The van der Waals surface area contributed by atoms with E-state index in [0.717, 1.165) is 15.9 Å². The van der Waals surface area contributed by atoms with Gasteiger partial charge in [-0.15, -0.1) is 0 Å². The molecule has 0 radical (unpaired) electrons. The average molecular weight is 747 g/mol. The van der Waals surface area contributed by atoms with Gasteiger partial charge in [0.25, 0.3) is 14.3 Å². The summed E-state index contributed by atoms with van der Waals surface area (Å²) in [5.41, 5.74) is 0.752. The number of ether oxygens (including phenoxy) is 5. The molecule has 0 spiro atoms. The fourth-order valence-corrected chi connectivity index (χ4v) is 13.5. The molecule has 1 saturated heterocycles. The van der Waals surface area contributed by atoms with Gasteiger partial charge in [0.15, 0.2) is 21.4 Å². The minimum Gasteiger partial charge on any atom is -0.398 e. The van der Waals surface area contributed by atoms with Crippen molar-refractivity contribution in [1.29, 1.82) is 0 Å². The van der Waals surface area contributed by atoms with E-state index in [4.69, 9.17) is 28.1 Å². The van der Waals surface area contributed by atoms with Gasteiger partial charge in [-0.3, -0.25) is 4.79 Å². The van der Waals surface area contributed by atoms with Gasteiger partial charge >= 0.3 is 0 Å². The van der Waals surface area contributed by atoms with E-state index in [-0.39, 0.29) is 4.90 Å². The molecule has 1 unspecified atom stereocenters. The Morgan fingerprint density at radius 3 is 1.62 bits per heavy atom. The lowest BCUT2D eigenvalue weighted by Gasteiger charge is -2.46. The quantitative estimate of drug-likeness (QED) is 0.104. The van der Waals surface area contributed by atoms with Crippen molar-refractivity contribution < 1.29 is 41.3 Å². The standard InChI is InChI=1S/C41H50O9SSi/c1-39(2,3)52(32-25-17-11-18-26-32,33-27-19-12-20-28-33)50-36(30-21-13-9-14-22-30)38-37(48-40(4,5)49-38)35(42)34(29-41(45-6,46-7)47-8)51(43,44)31-23-15-10-16-24-31/h9-28,34,36-38H,29H2,1-8H3/t34?,36-,37+,38+/m0/s1. The molecule has 0 N–H and O–H groups in total. The summed E-state index contributed by atoms with van der Waals surface area (Å²) in [6.45, 7) is 9.93. The van der Waals surface area contributed by atoms with Crippen LogP contribution < -0.4 is 10.4 Å². The molecule has 0 amide bonds. The van der Waals surface area contributed by atoms with E-state index in [1.807, 2.05) is 66.7 Å². The van der Waals surface area contributed by atoms with Gasteiger partial charge in [-0.25, -0.2) is 8.42 Å². The Labute approximate surface area is 309 Å². The van der Waals surface area contributed by atoms with Crippen molar-refractivity contribution in [1.82, 2.24) is 0 Å². The third-order valence-electron chi connectivity index (χ3n) is 9.69. The van der Waals surface area contributed by atoms with Crippen LogP contribution >= 0.6 is 0 Å². The highest BCUT2D eigenvalue weighted by molar-refractivity contribution is 7.92. The third-order valence-corrected chi connectivity index (χ3v) is 16.8. The van der Waals surface area contributed by atoms with Crippen molar-refractivity contribution in [3.8, 4) is 0 Å². The lowest BCUT2D eigenvalue weighted by Crippen LogP contribution is -2.67. The van der Waals surface area contributed by atoms with Crippen LogP contribution in [0.15, 0.2) is 126 Å². The van der Waals surface area contributed by atoms with Gasteiger partial charge in [0, 0.05) is 21.3 Å². The van der Waals surface area contributed by atoms with E-state index in [1.165, 1.54) is 33.5 Å². The Hall–Kier alpha value is -3.52. The highest BCUT2D eigenvalue weighted by Crippen LogP contribution is 2.45. The summed E-state index contributed by atoms with van der Waals surface area (Å²) < 4.78 is 66.4. The number of rotatable bonds is 15. The number of carbonyl (C=O) groups excluding carboxylic acids is 1. The molecule has 0 aromatic heterocycles. The summed E-state index contributed by atoms with van der Waals surface area (Å²) in [7, 11) is -3.64. The van der Waals surface area contributed by atoms with Crippen LogP contribution in [0.4, 0.5) is 0 Å². The normalized spacial score (nSPS) is 19.2. The van der Waals surface area contributed by atoms with Gasteiger partial charge in [-0.2, -0.15) is 0 Å². The molecule has 52 heavy (non-hydrogen) atoms. The maximum Gasteiger partial charge on any atom is 0.283 e. The van der Waals surface area contributed by atoms with Gasteiger partial charge in [0.2, 0.25) is 0 Å². The lowest BCUT2D eigenvalue weighted by molar-refractivity contribution is -0.354. The predicted molar refractivity (Wildman–Crippen MR) is 203 cm³/mol. The van der Waals surface area contributed by atoms with Gasteiger partial charge < -0.3 is 28.1 Å². The second-order valence-corrected chi connectivity index (χ2v) is 20.8. The van der Waals surface area contributed by atoms with Crippen molar-refractivity contribution in [3.63, 3.8) is 0 Å². The van der Waals surface area contributed by atoms with Crippen molar-refractivity contribution in [3.05, 3.63) is 127 Å². The van der Waals surface area contributed by atoms with E-state index in [0.29, 0.717) is 0 Å². The van der Waals surface area contributed by atoms with Gasteiger partial charge in [0.05, 0.1) is 11.3 Å². The van der Waals surface area contributed by atoms with Crippen LogP contribution in [0.3, 0.4) is 0 Å². The first kappa shape index (κ1) is 39.7. The second kappa shape index (κ2) is 15.8. The number of methoxy groups -OCH3 is 3. The molecular weight excluding hydrogens is 697 g/mol. The zero-order valence-electron chi connectivity index (χ0n) is 31.1. The van der Waals surface area contributed by atoms with Crippen LogP contribution in [0, 0.1) is 0 Å². The van der Waals surface area contributed by atoms with E-state index in [1.54, 1.807) is 32.0 Å². The first-order valence-corrected chi connectivity index (χ1v) is 20.8. The maximum atomic E-state index is 15.1. The first-order chi connectivity index (χ1) is 24.6. The van der Waals surface area contributed by atoms with E-state index >= 15 is 4.79 Å². The van der Waals surface area contributed by atoms with Gasteiger partial charge in [0.1, 0.15) is 23.6 Å². The Morgan fingerprint density at radius 1 is 0.731 bits per heavy atom. The number of benzene rings is 4. The summed E-state index contributed by atoms with van der Waals surface area (Å²) in [5.74, 6) is -3.87. The average Bonchev–Trinajstić information content (AvgIpc) is 3.48. The van der Waals surface area contributed by atoms with E-state index in [9.17, 15) is 8.42 Å². The van der Waals surface area contributed by atoms with Gasteiger partial charge in [-0.1, -0.05) is 130 Å². The fourth-order valence-electron chi connectivity index (χ4n) is 7.13. The monoisotopic (exact) mass is 746 g/mol. The van der Waals surface area contributed by atoms with E-state index in [2.05, 4.69) is 45.0 Å². The smallest absolute Gasteiger partial charge is 0.283 e. The number of ketones is 1. The molecular formula is C41H50O9SSi. The van der Waals surface area contributed by atoms with Gasteiger partial charge in [-0.05, 0) is 47.0 Å². The molecule has 1 aliphatic heterocycles. The summed E-state index contributed by atoms with van der Waals surface area (Å²) in [5, 5.41) is -0.0783. The SMILES string of the molecule is COC(CC(C(=O)[C@H]1OC(C)(C)O[C@@H]1[C@@H](O[Si](c1ccccc1)(c1ccccc1)C(C)(C)C)c1ccccc1)S(=O)(=O)c1ccccc1)(OC)OC. The number of Topliss-reactive ketones (excluding diaryl/α,β-unsaturated/α-hetero) is 1. The summed E-state index contributed by atoms with van der Waals surface area (Å²) in [4.78, 5) is 15.1. The molecule has 9 nitrogen and oxygen atoms in total. The Bertz CT molecular complexity index is 1810. The molecule has 0 bridgehead atoms. The minimum absolute atomic E-state index is 0.0385. The highest BCUT2D eigenvalue weighted by Gasteiger charge is 2.58. The third kappa shape index (κ3) is 7.88. The summed E-state index contributed by atoms with van der Waals surface area (Å²) in [6, 6.07) is 37.7. The number of sulfone groups is 1. The Balaban J connectivity index is 1.72. The summed E-state index contributed by atoms with van der Waals surface area (Å²) in [6.07, 6.45) is -3.81. The molecule has 1 fully saturated rings. The second-order valence-electron chi connectivity index (χ2n) is 14.4. The summed E-state index contributed by atoms with van der Waals surface area (Å²) >= 11 is 0. The Kier molecular flexibility index (Phi) is 12.1. The predicted octanol–water partition coefficient (Wildman–Crippen LogP) is 6.22. The van der Waals surface area contributed by atoms with Crippen molar-refractivity contribution in [2.75, 3.05) is 21.3 Å². The topological polar surface area (TPSA) is 107 Å². The largest absolute Gasteiger partial charge is 0.398 e. The van der Waals surface area contributed by atoms with Crippen molar-refractivity contribution in [2.24, 2.45) is 0 Å². The minimum atomic E-state index is -4.35. The first-order valence-electron chi connectivity index (χ1n) is 17.3. The molecule has 1 aliphatic rings. The lowest BCUT2D eigenvalue weighted by atomic mass is 9.96. The van der Waals surface area contributed by atoms with Crippen LogP contribution in [-0.2, 0) is 42.7 Å². The number of hydrogen-bond acceptors (Lipinski definition) is 9. The molecule has 4 atom stereocenters. The molecule has 0 aliphatic carbocycles. The van der Waals surface area contributed by atoms with E-state index < -0.39 is 70.7 Å². The molecule has 5 rings (SSSR count). The van der Waals surface area contributed by atoms with Crippen molar-refractivity contribution >= 4 is 34.3 Å². The molecule has 0 saturated carbocycles. The number of carbonyl (C=O) groups is 1. The van der Waals surface area contributed by atoms with Crippen LogP contribution in [0.25, 0.3) is 0 Å². The van der Waals surface area contributed by atoms with Crippen LogP contribution in [0.2, 0.25) is 5.04 Å². The van der Waals surface area contributed by atoms with Crippen LogP contribution in [0.5, 0.6) is 0 Å². The molecule has 4 aromatic rings. The molecule has 1 heterocycles. The zero-order valence-corrected chi connectivity index (χ0v) is 33.0. The Morgan fingerprint density at radius 2 is 1.17 bits per heavy atom.